The Morgan fingerprint density at radius 2 is 1.95 bits per heavy atom. The highest BCUT2D eigenvalue weighted by Crippen LogP contribution is 2.42. The molecule has 2 aliphatic heterocycles. The molecule has 2 aliphatic rings. The normalized spacial score (nSPS) is 29.9. The highest BCUT2D eigenvalue weighted by molar-refractivity contribution is 5.69. The minimum Gasteiger partial charge on any atom is -0.445 e. The molecule has 2 fully saturated rings. The highest BCUT2D eigenvalue weighted by Gasteiger charge is 2.49. The molecule has 0 radical (unpaired) electrons. The molecule has 0 aliphatic carbocycles. The van der Waals surface area contributed by atoms with Crippen LogP contribution in [0.1, 0.15) is 37.7 Å². The number of carbonyl (C=O) groups excluding carboxylic acids is 1. The van der Waals surface area contributed by atoms with Crippen molar-refractivity contribution in [1.82, 2.24) is 4.90 Å². The Kier molecular flexibility index (Phi) is 4.08. The maximum Gasteiger partial charge on any atom is 0.410 e. The number of hydrogen-bond acceptors (Lipinski definition) is 3. The van der Waals surface area contributed by atoms with Gasteiger partial charge >= 0.3 is 6.09 Å². The van der Waals surface area contributed by atoms with E-state index in [2.05, 4.69) is 5.92 Å². The number of carbonyl (C=O) groups is 1. The molecule has 2 heterocycles. The zero-order valence-corrected chi connectivity index (χ0v) is 12.6. The van der Waals surface area contributed by atoms with E-state index in [0.29, 0.717) is 19.3 Å². The van der Waals surface area contributed by atoms with E-state index in [-0.39, 0.29) is 24.8 Å². The molecular formula is C18H21NO3. The Labute approximate surface area is 131 Å². The average molecular weight is 299 g/mol. The lowest BCUT2D eigenvalue weighted by Crippen LogP contribution is -2.53. The maximum atomic E-state index is 12.4. The third-order valence-corrected chi connectivity index (χ3v) is 4.70. The third-order valence-electron chi connectivity index (χ3n) is 4.70. The number of piperidine rings is 1. The molecule has 4 nitrogen and oxygen atoms in total. The number of terminal acetylenes is 1. The van der Waals surface area contributed by atoms with Crippen LogP contribution in [0.3, 0.4) is 0 Å². The first-order valence-electron chi connectivity index (χ1n) is 7.76. The van der Waals surface area contributed by atoms with E-state index >= 15 is 0 Å². The molecule has 0 aromatic heterocycles. The van der Waals surface area contributed by atoms with Crippen LogP contribution in [0.4, 0.5) is 4.79 Å². The fourth-order valence-electron chi connectivity index (χ4n) is 3.75. The van der Waals surface area contributed by atoms with Gasteiger partial charge in [-0.3, -0.25) is 0 Å². The van der Waals surface area contributed by atoms with Gasteiger partial charge in [0.05, 0.1) is 5.60 Å². The number of amides is 1. The maximum absolute atomic E-state index is 12.4. The SMILES string of the molecule is C#CCC1(O)CC2CCC(C1)N2C(=O)OCc1ccccc1. The summed E-state index contributed by atoms with van der Waals surface area (Å²) in [6.45, 7) is 0.282. The number of benzene rings is 1. The molecule has 4 heteroatoms. The third kappa shape index (κ3) is 2.95. The van der Waals surface area contributed by atoms with Gasteiger partial charge in [0.25, 0.3) is 0 Å². The van der Waals surface area contributed by atoms with E-state index < -0.39 is 5.60 Å². The van der Waals surface area contributed by atoms with Crippen LogP contribution in [0.15, 0.2) is 30.3 Å². The summed E-state index contributed by atoms with van der Waals surface area (Å²) in [6.07, 6.45) is 8.35. The molecule has 2 saturated heterocycles. The van der Waals surface area contributed by atoms with E-state index in [4.69, 9.17) is 11.2 Å². The van der Waals surface area contributed by atoms with Crippen molar-refractivity contribution in [3.8, 4) is 12.3 Å². The molecule has 0 spiro atoms. The minimum atomic E-state index is -0.823. The van der Waals surface area contributed by atoms with E-state index in [1.54, 1.807) is 0 Å². The molecule has 1 aromatic rings. The first-order valence-corrected chi connectivity index (χ1v) is 7.76. The summed E-state index contributed by atoms with van der Waals surface area (Å²) in [5, 5.41) is 10.5. The van der Waals surface area contributed by atoms with Crippen LogP contribution < -0.4 is 0 Å². The molecule has 1 N–H and O–H groups in total. The van der Waals surface area contributed by atoms with Crippen LogP contribution in [-0.4, -0.2) is 33.8 Å². The van der Waals surface area contributed by atoms with Gasteiger partial charge in [-0.1, -0.05) is 30.3 Å². The summed E-state index contributed by atoms with van der Waals surface area (Å²) in [6, 6.07) is 9.73. The summed E-state index contributed by atoms with van der Waals surface area (Å²) in [5.74, 6) is 2.55. The van der Waals surface area contributed by atoms with Crippen molar-refractivity contribution in [2.24, 2.45) is 0 Å². The second-order valence-electron chi connectivity index (χ2n) is 6.35. The zero-order valence-electron chi connectivity index (χ0n) is 12.6. The number of nitrogens with zero attached hydrogens (tertiary/aromatic N) is 1. The van der Waals surface area contributed by atoms with Gasteiger partial charge in [-0.25, -0.2) is 4.79 Å². The van der Waals surface area contributed by atoms with Crippen LogP contribution in [0.5, 0.6) is 0 Å². The van der Waals surface area contributed by atoms with Gasteiger partial charge in [-0.15, -0.1) is 12.3 Å². The van der Waals surface area contributed by atoms with Gasteiger partial charge in [-0.05, 0) is 31.2 Å². The predicted molar refractivity (Wildman–Crippen MR) is 82.9 cm³/mol. The van der Waals surface area contributed by atoms with Gasteiger partial charge in [0.15, 0.2) is 0 Å². The second kappa shape index (κ2) is 6.02. The lowest BCUT2D eigenvalue weighted by atomic mass is 9.84. The Hall–Kier alpha value is -1.99. The lowest BCUT2D eigenvalue weighted by molar-refractivity contribution is -0.0455. The van der Waals surface area contributed by atoms with Gasteiger partial charge in [-0.2, -0.15) is 0 Å². The standard InChI is InChI=1S/C18H21NO3/c1-2-10-18(21)11-15-8-9-16(12-18)19(15)17(20)22-13-14-6-4-3-5-7-14/h1,3-7,15-16,21H,8-13H2. The average Bonchev–Trinajstić information content (AvgIpc) is 2.79. The van der Waals surface area contributed by atoms with Crippen molar-refractivity contribution < 1.29 is 14.6 Å². The van der Waals surface area contributed by atoms with Crippen molar-refractivity contribution in [3.05, 3.63) is 35.9 Å². The van der Waals surface area contributed by atoms with E-state index in [9.17, 15) is 9.90 Å². The molecule has 3 rings (SSSR count). The summed E-state index contributed by atoms with van der Waals surface area (Å²) in [5.41, 5.74) is 0.153. The molecule has 2 unspecified atom stereocenters. The Balaban J connectivity index is 1.62. The van der Waals surface area contributed by atoms with Crippen molar-refractivity contribution in [1.29, 1.82) is 0 Å². The van der Waals surface area contributed by atoms with Crippen molar-refractivity contribution in [2.45, 2.75) is 56.4 Å². The molecule has 2 bridgehead atoms. The fraction of sp³-hybridized carbons (Fsp3) is 0.500. The van der Waals surface area contributed by atoms with Crippen molar-refractivity contribution in [2.75, 3.05) is 0 Å². The van der Waals surface area contributed by atoms with Crippen LogP contribution in [-0.2, 0) is 11.3 Å². The van der Waals surface area contributed by atoms with Crippen LogP contribution >= 0.6 is 0 Å². The number of ether oxygens (including phenoxy) is 1. The number of rotatable bonds is 3. The minimum absolute atomic E-state index is 0.0420. The van der Waals surface area contributed by atoms with E-state index in [1.807, 2.05) is 35.2 Å². The monoisotopic (exact) mass is 299 g/mol. The summed E-state index contributed by atoms with van der Waals surface area (Å²) < 4.78 is 5.44. The first-order chi connectivity index (χ1) is 10.6. The van der Waals surface area contributed by atoms with E-state index in [0.717, 1.165) is 18.4 Å². The molecule has 22 heavy (non-hydrogen) atoms. The molecule has 1 amide bonds. The van der Waals surface area contributed by atoms with Gasteiger partial charge in [0, 0.05) is 18.5 Å². The summed E-state index contributed by atoms with van der Waals surface area (Å²) in [7, 11) is 0. The smallest absolute Gasteiger partial charge is 0.410 e. The molecular weight excluding hydrogens is 278 g/mol. The number of aliphatic hydroxyl groups is 1. The quantitative estimate of drug-likeness (QED) is 0.873. The van der Waals surface area contributed by atoms with Crippen LogP contribution in [0.2, 0.25) is 0 Å². The van der Waals surface area contributed by atoms with E-state index in [1.165, 1.54) is 0 Å². The number of hydrogen-bond donors (Lipinski definition) is 1. The van der Waals surface area contributed by atoms with Gasteiger partial charge in [0.1, 0.15) is 6.61 Å². The first kappa shape index (κ1) is 14.9. The largest absolute Gasteiger partial charge is 0.445 e. The van der Waals surface area contributed by atoms with Gasteiger partial charge < -0.3 is 14.7 Å². The Bertz CT molecular complexity index is 564. The molecule has 116 valence electrons. The van der Waals surface area contributed by atoms with Crippen LogP contribution in [0, 0.1) is 12.3 Å². The zero-order chi connectivity index (χ0) is 15.6. The molecule has 0 saturated carbocycles. The highest BCUT2D eigenvalue weighted by atomic mass is 16.6. The topological polar surface area (TPSA) is 49.8 Å². The van der Waals surface area contributed by atoms with Crippen molar-refractivity contribution in [3.63, 3.8) is 0 Å². The summed E-state index contributed by atoms with van der Waals surface area (Å²) >= 11 is 0. The fourth-order valence-corrected chi connectivity index (χ4v) is 3.75. The van der Waals surface area contributed by atoms with Gasteiger partial charge in [0.2, 0.25) is 0 Å². The molecule has 2 atom stereocenters. The van der Waals surface area contributed by atoms with Crippen LogP contribution in [0.25, 0.3) is 0 Å². The number of fused-ring (bicyclic) bond motifs is 2. The molecule has 1 aromatic carbocycles. The predicted octanol–water partition coefficient (Wildman–Crippen LogP) is 2.70. The second-order valence-corrected chi connectivity index (χ2v) is 6.35. The summed E-state index contributed by atoms with van der Waals surface area (Å²) in [4.78, 5) is 14.2. The Morgan fingerprint density at radius 3 is 2.55 bits per heavy atom. The lowest BCUT2D eigenvalue weighted by Gasteiger charge is -2.42. The Morgan fingerprint density at radius 1 is 1.32 bits per heavy atom. The van der Waals surface area contributed by atoms with Crippen molar-refractivity contribution >= 4 is 6.09 Å².